The molecule has 0 radical (unpaired) electrons. The van der Waals surface area contributed by atoms with E-state index in [0.717, 1.165) is 6.08 Å². The fourth-order valence-electron chi connectivity index (χ4n) is 3.29. The summed E-state index contributed by atoms with van der Waals surface area (Å²) in [5.74, 6) is -1.55. The molecule has 13 nitrogen and oxygen atoms in total. The van der Waals surface area contributed by atoms with Gasteiger partial charge >= 0.3 is 5.97 Å². The molecule has 2 saturated heterocycles. The molecule has 8 N–H and O–H groups in total. The first-order valence-electron chi connectivity index (χ1n) is 9.90. The minimum absolute atomic E-state index is 0.323. The molecule has 0 bridgehead atoms. The Morgan fingerprint density at radius 3 is 2.52 bits per heavy atom. The lowest BCUT2D eigenvalue weighted by Crippen LogP contribution is -2.61. The summed E-state index contributed by atoms with van der Waals surface area (Å²) in [6.45, 7) is -1.83. The number of benzene rings is 1. The summed E-state index contributed by atoms with van der Waals surface area (Å²) in [5.41, 5.74) is -1.59. The number of phenols is 2. The molecule has 0 spiro atoms. The van der Waals surface area contributed by atoms with Gasteiger partial charge in [-0.15, -0.1) is 0 Å². The van der Waals surface area contributed by atoms with Crippen LogP contribution >= 0.6 is 0 Å². The summed E-state index contributed by atoms with van der Waals surface area (Å²) in [6, 6.07) is 3.88. The van der Waals surface area contributed by atoms with Gasteiger partial charge in [0.2, 0.25) is 0 Å². The lowest BCUT2D eigenvalue weighted by atomic mass is 9.98. The number of hydrogen-bond acceptors (Lipinski definition) is 13. The zero-order valence-electron chi connectivity index (χ0n) is 17.2. The molecule has 1 aromatic rings. The molecular formula is C20H26O13. The van der Waals surface area contributed by atoms with Crippen molar-refractivity contribution in [1.82, 2.24) is 0 Å². The summed E-state index contributed by atoms with van der Waals surface area (Å²) in [4.78, 5) is 11.9. The van der Waals surface area contributed by atoms with Crippen molar-refractivity contribution in [2.45, 2.75) is 48.7 Å². The predicted octanol–water partition coefficient (Wildman–Crippen LogP) is -3.08. The van der Waals surface area contributed by atoms with E-state index >= 15 is 0 Å². The number of esters is 1. The molecule has 2 fully saturated rings. The van der Waals surface area contributed by atoms with Crippen molar-refractivity contribution in [1.29, 1.82) is 0 Å². The number of aliphatic hydroxyl groups excluding tert-OH is 5. The first kappa shape index (κ1) is 25.3. The van der Waals surface area contributed by atoms with Crippen LogP contribution in [-0.4, -0.2) is 115 Å². The molecule has 0 saturated carbocycles. The van der Waals surface area contributed by atoms with Crippen LogP contribution < -0.4 is 0 Å². The summed E-state index contributed by atoms with van der Waals surface area (Å²) < 4.78 is 20.4. The first-order chi connectivity index (χ1) is 15.6. The fraction of sp³-hybridized carbons (Fsp3) is 0.550. The Labute approximate surface area is 187 Å². The van der Waals surface area contributed by atoms with E-state index in [-0.39, 0.29) is 11.5 Å². The molecular weight excluding hydrogens is 448 g/mol. The van der Waals surface area contributed by atoms with Crippen molar-refractivity contribution in [3.63, 3.8) is 0 Å². The summed E-state index contributed by atoms with van der Waals surface area (Å²) in [6.07, 6.45) is -9.05. The lowest BCUT2D eigenvalue weighted by molar-refractivity contribution is -0.326. The SMILES string of the molecule is O=C(/C=C/c1ccc(O)c(O)c1)OC[C@H]1O[C@@H](O)[C@H](O[C@@H]2OC[C@](O)(CO)[C@H]2O)[C@@H](O)[C@@H]1O. The normalized spacial score (nSPS) is 36.8. The van der Waals surface area contributed by atoms with Crippen LogP contribution in [0, 0.1) is 0 Å². The average molecular weight is 474 g/mol. The maximum atomic E-state index is 11.9. The van der Waals surface area contributed by atoms with Crippen molar-refractivity contribution >= 4 is 12.0 Å². The second-order valence-corrected chi connectivity index (χ2v) is 7.74. The van der Waals surface area contributed by atoms with Crippen molar-refractivity contribution in [2.75, 3.05) is 19.8 Å². The number of phenolic OH excluding ortho intramolecular Hbond substituents is 2. The maximum Gasteiger partial charge on any atom is 0.330 e. The number of rotatable bonds is 7. The van der Waals surface area contributed by atoms with Crippen molar-refractivity contribution in [3.05, 3.63) is 29.8 Å². The summed E-state index contributed by atoms with van der Waals surface area (Å²) in [5, 5.41) is 78.6. The molecule has 0 unspecified atom stereocenters. The minimum Gasteiger partial charge on any atom is -0.504 e. The Balaban J connectivity index is 1.53. The molecule has 184 valence electrons. The molecule has 1 aromatic carbocycles. The van der Waals surface area contributed by atoms with Crippen LogP contribution in [0.1, 0.15) is 5.56 Å². The van der Waals surface area contributed by atoms with E-state index in [0.29, 0.717) is 5.56 Å². The summed E-state index contributed by atoms with van der Waals surface area (Å²) in [7, 11) is 0. The number of carbonyl (C=O) groups excluding carboxylic acids is 1. The second-order valence-electron chi connectivity index (χ2n) is 7.74. The molecule has 0 aromatic heterocycles. The third-order valence-electron chi connectivity index (χ3n) is 5.33. The average Bonchev–Trinajstić information content (AvgIpc) is 3.07. The van der Waals surface area contributed by atoms with Crippen molar-refractivity contribution in [3.8, 4) is 11.5 Å². The highest BCUT2D eigenvalue weighted by atomic mass is 16.7. The number of carbonyl (C=O) groups is 1. The van der Waals surface area contributed by atoms with Gasteiger partial charge in [-0.1, -0.05) is 6.07 Å². The Hall–Kier alpha value is -2.33. The van der Waals surface area contributed by atoms with Crippen LogP contribution in [0.5, 0.6) is 11.5 Å². The minimum atomic E-state index is -1.99. The highest BCUT2D eigenvalue weighted by molar-refractivity contribution is 5.87. The van der Waals surface area contributed by atoms with Gasteiger partial charge in [0, 0.05) is 6.08 Å². The van der Waals surface area contributed by atoms with E-state index in [1.54, 1.807) is 0 Å². The summed E-state index contributed by atoms with van der Waals surface area (Å²) >= 11 is 0. The van der Waals surface area contributed by atoms with Crippen molar-refractivity contribution < 1.29 is 64.6 Å². The molecule has 0 amide bonds. The van der Waals surface area contributed by atoms with Crippen LogP contribution in [0.15, 0.2) is 24.3 Å². The molecule has 13 heteroatoms. The number of hydrogen-bond donors (Lipinski definition) is 8. The molecule has 8 atom stereocenters. The monoisotopic (exact) mass is 474 g/mol. The second kappa shape index (κ2) is 10.3. The fourth-order valence-corrected chi connectivity index (χ4v) is 3.29. The van der Waals surface area contributed by atoms with Crippen LogP contribution in [-0.2, 0) is 23.7 Å². The van der Waals surface area contributed by atoms with E-state index in [2.05, 4.69) is 0 Å². The highest BCUT2D eigenvalue weighted by Gasteiger charge is 2.52. The van der Waals surface area contributed by atoms with Crippen LogP contribution in [0.2, 0.25) is 0 Å². The van der Waals surface area contributed by atoms with Gasteiger partial charge in [0.15, 0.2) is 24.1 Å². The zero-order valence-corrected chi connectivity index (χ0v) is 17.2. The standard InChI is InChI=1S/C20H26O13/c21-7-20(29)8-31-19(17(20)27)33-16-15(26)14(25)12(32-18(16)28)6-30-13(24)4-2-9-1-3-10(22)11(23)5-9/h1-5,12,14-19,21-23,25-29H,6-8H2/b4-2+/t12-,14-,15+,16-,17+,18-,19+,20-/m1/s1. The lowest BCUT2D eigenvalue weighted by Gasteiger charge is -2.41. The molecule has 2 heterocycles. The van der Waals surface area contributed by atoms with E-state index in [1.807, 2.05) is 0 Å². The van der Waals surface area contributed by atoms with E-state index in [1.165, 1.54) is 24.3 Å². The largest absolute Gasteiger partial charge is 0.504 e. The quantitative estimate of drug-likeness (QED) is 0.112. The third kappa shape index (κ3) is 5.60. The van der Waals surface area contributed by atoms with Gasteiger partial charge in [0.25, 0.3) is 0 Å². The van der Waals surface area contributed by atoms with Crippen molar-refractivity contribution in [2.24, 2.45) is 0 Å². The highest BCUT2D eigenvalue weighted by Crippen LogP contribution is 2.30. The number of aliphatic hydroxyl groups is 6. The van der Waals surface area contributed by atoms with Crippen LogP contribution in [0.25, 0.3) is 6.08 Å². The first-order valence-corrected chi connectivity index (χ1v) is 9.90. The Bertz CT molecular complexity index is 860. The van der Waals surface area contributed by atoms with E-state index in [4.69, 9.17) is 24.1 Å². The van der Waals surface area contributed by atoms with Gasteiger partial charge in [0.1, 0.15) is 42.7 Å². The number of ether oxygens (including phenoxy) is 4. The smallest absolute Gasteiger partial charge is 0.330 e. The molecule has 33 heavy (non-hydrogen) atoms. The van der Waals surface area contributed by atoms with Crippen LogP contribution in [0.4, 0.5) is 0 Å². The van der Waals surface area contributed by atoms with Gasteiger partial charge in [-0.3, -0.25) is 0 Å². The molecule has 2 aliphatic heterocycles. The van der Waals surface area contributed by atoms with Gasteiger partial charge < -0.3 is 59.8 Å². The van der Waals surface area contributed by atoms with Gasteiger partial charge in [0.05, 0.1) is 13.2 Å². The van der Waals surface area contributed by atoms with Crippen LogP contribution in [0.3, 0.4) is 0 Å². The number of aromatic hydroxyl groups is 2. The van der Waals surface area contributed by atoms with E-state index < -0.39 is 74.5 Å². The molecule has 2 aliphatic rings. The van der Waals surface area contributed by atoms with Gasteiger partial charge in [-0.25, -0.2) is 4.79 Å². The van der Waals surface area contributed by atoms with Gasteiger partial charge in [-0.2, -0.15) is 0 Å². The topological polar surface area (TPSA) is 216 Å². The Morgan fingerprint density at radius 1 is 1.15 bits per heavy atom. The predicted molar refractivity (Wildman–Crippen MR) is 105 cm³/mol. The van der Waals surface area contributed by atoms with Gasteiger partial charge in [-0.05, 0) is 23.8 Å². The maximum absolute atomic E-state index is 11.9. The third-order valence-corrected chi connectivity index (χ3v) is 5.33. The Morgan fingerprint density at radius 2 is 1.88 bits per heavy atom. The Kier molecular flexibility index (Phi) is 7.89. The van der Waals surface area contributed by atoms with E-state index in [9.17, 15) is 40.5 Å². The molecule has 0 aliphatic carbocycles. The molecule has 3 rings (SSSR count). The zero-order chi connectivity index (χ0) is 24.3.